The van der Waals surface area contributed by atoms with Crippen molar-refractivity contribution in [2.24, 2.45) is 5.41 Å². The van der Waals surface area contributed by atoms with Crippen molar-refractivity contribution in [2.45, 2.75) is 89.1 Å². The maximum Gasteiger partial charge on any atom is 0.204 e. The van der Waals surface area contributed by atoms with Crippen molar-refractivity contribution in [3.05, 3.63) is 166 Å². The van der Waals surface area contributed by atoms with Gasteiger partial charge in [0.15, 0.2) is 16.9 Å². The average molecular weight is 954 g/mol. The highest BCUT2D eigenvalue weighted by molar-refractivity contribution is 5.93. The lowest BCUT2D eigenvalue weighted by molar-refractivity contribution is 0.173. The van der Waals surface area contributed by atoms with Crippen LogP contribution >= 0.6 is 0 Å². The van der Waals surface area contributed by atoms with Gasteiger partial charge in [0.2, 0.25) is 5.75 Å². The first kappa shape index (κ1) is 47.9. The SMILES string of the molecule is COc1c(OCCc2ccccc2)c(CCc2cccc(-c3cc(C4(C)CCCC45CCCC5)[nH]c3N3CCNCC3)c2)c2oc(-c3ccc(O)cc3)cc(=O)c2c1OCCC(O)C=Cc1ccccc1. The second-order valence-electron chi connectivity index (χ2n) is 20.0. The average Bonchev–Trinajstić information content (AvgIpc) is 4.16. The number of methoxy groups -OCH3 is 1. The molecule has 2 atom stereocenters. The van der Waals surface area contributed by atoms with Gasteiger partial charge in [0.1, 0.15) is 28.3 Å². The second kappa shape index (κ2) is 21.3. The number of aromatic hydroxyl groups is 1. The van der Waals surface area contributed by atoms with Crippen molar-refractivity contribution in [2.75, 3.05) is 51.4 Å². The van der Waals surface area contributed by atoms with Gasteiger partial charge in [0, 0.05) is 72.9 Å². The molecule has 1 aliphatic heterocycles. The molecule has 10 heteroatoms. The third-order valence-electron chi connectivity index (χ3n) is 15.7. The van der Waals surface area contributed by atoms with E-state index in [1.54, 1.807) is 37.5 Å². The van der Waals surface area contributed by atoms with Crippen molar-refractivity contribution in [1.82, 2.24) is 10.3 Å². The number of phenolic OH excluding ortho intramolecular Hbond substituents is 1. The van der Waals surface area contributed by atoms with Crippen LogP contribution in [-0.2, 0) is 24.7 Å². The fourth-order valence-electron chi connectivity index (χ4n) is 11.8. The monoisotopic (exact) mass is 953 g/mol. The number of aliphatic hydroxyl groups is 1. The number of H-pyrrole nitrogens is 1. The Kier molecular flexibility index (Phi) is 14.4. The molecule has 2 saturated carbocycles. The number of benzene rings is 5. The Hall–Kier alpha value is -6.75. The molecule has 10 nitrogen and oxygen atoms in total. The molecule has 4 N–H and O–H groups in total. The van der Waals surface area contributed by atoms with E-state index in [-0.39, 0.29) is 40.8 Å². The number of phenols is 1. The Labute approximate surface area is 417 Å². The van der Waals surface area contributed by atoms with Crippen molar-refractivity contribution in [1.29, 1.82) is 0 Å². The quantitative estimate of drug-likeness (QED) is 0.0664. The lowest BCUT2D eigenvalue weighted by Gasteiger charge is -2.41. The Bertz CT molecular complexity index is 3000. The number of piperazine rings is 1. The Balaban J connectivity index is 1.03. The molecule has 3 heterocycles. The van der Waals surface area contributed by atoms with Gasteiger partial charge in [-0.15, -0.1) is 0 Å². The first-order valence-electron chi connectivity index (χ1n) is 25.7. The summed E-state index contributed by atoms with van der Waals surface area (Å²) >= 11 is 0. The summed E-state index contributed by atoms with van der Waals surface area (Å²) in [5.41, 5.74) is 8.84. The predicted molar refractivity (Wildman–Crippen MR) is 284 cm³/mol. The third kappa shape index (κ3) is 10.1. The first-order chi connectivity index (χ1) is 34.7. The van der Waals surface area contributed by atoms with Gasteiger partial charge in [-0.1, -0.05) is 123 Å². The maximum atomic E-state index is 14.6. The molecule has 71 heavy (non-hydrogen) atoms. The number of hydrogen-bond acceptors (Lipinski definition) is 9. The molecule has 3 aliphatic rings. The van der Waals surface area contributed by atoms with Crippen LogP contribution in [0.2, 0.25) is 0 Å². The van der Waals surface area contributed by atoms with E-state index < -0.39 is 6.10 Å². The fourth-order valence-corrected chi connectivity index (χ4v) is 11.8. The molecule has 7 aromatic rings. The van der Waals surface area contributed by atoms with Crippen LogP contribution in [0.4, 0.5) is 5.82 Å². The van der Waals surface area contributed by atoms with Gasteiger partial charge in [0.25, 0.3) is 0 Å². The van der Waals surface area contributed by atoms with E-state index in [1.807, 2.05) is 54.6 Å². The van der Waals surface area contributed by atoms with Crippen LogP contribution in [-0.4, -0.2) is 67.8 Å². The van der Waals surface area contributed by atoms with Crippen LogP contribution in [0.25, 0.3) is 39.5 Å². The lowest BCUT2D eigenvalue weighted by atomic mass is 9.64. The maximum absolute atomic E-state index is 14.6. The second-order valence-corrected chi connectivity index (χ2v) is 20.0. The fraction of sp³-hybridized carbons (Fsp3) is 0.361. The number of nitrogens with zero attached hydrogens (tertiary/aromatic N) is 1. The highest BCUT2D eigenvalue weighted by atomic mass is 16.5. The molecule has 1 saturated heterocycles. The lowest BCUT2D eigenvalue weighted by Crippen LogP contribution is -2.44. The highest BCUT2D eigenvalue weighted by Gasteiger charge is 2.54. The zero-order valence-electron chi connectivity index (χ0n) is 41.2. The topological polar surface area (TPSA) is 129 Å². The zero-order chi connectivity index (χ0) is 48.8. The molecule has 0 radical (unpaired) electrons. The smallest absolute Gasteiger partial charge is 0.204 e. The third-order valence-corrected chi connectivity index (χ3v) is 15.7. The van der Waals surface area contributed by atoms with Crippen LogP contribution in [0.5, 0.6) is 23.0 Å². The number of aromatic nitrogens is 1. The van der Waals surface area contributed by atoms with Crippen molar-refractivity contribution >= 4 is 22.9 Å². The number of anilines is 1. The highest BCUT2D eigenvalue weighted by Crippen LogP contribution is 2.62. The summed E-state index contributed by atoms with van der Waals surface area (Å²) in [5.74, 6) is 2.61. The van der Waals surface area contributed by atoms with E-state index in [1.165, 1.54) is 73.7 Å². The number of rotatable bonds is 18. The molecule has 2 aliphatic carbocycles. The standard InChI is InChI=1S/C61H67N3O7/c1-60(29-12-32-61(60)30-9-10-31-61)53-40-50(59(63-53)64-35-33-62-34-36-64)46-18-11-17-44(39-46)20-26-49-55-54(51(67)41-52(71-55)45-21-24-47(65)25-22-45)57(70-38-28-48(66)23-19-42-13-5-3-6-14-42)58(68-2)56(49)69-37-27-43-15-7-4-8-16-43/h3-8,11,13-19,21-25,39-41,48,62-63,65-66H,9-10,12,20,26-38H2,1-2H3. The first-order valence-corrected chi connectivity index (χ1v) is 25.7. The van der Waals surface area contributed by atoms with Crippen molar-refractivity contribution in [3.63, 3.8) is 0 Å². The molecule has 2 aromatic heterocycles. The molecule has 10 rings (SSSR count). The van der Waals surface area contributed by atoms with Gasteiger partial charge >= 0.3 is 0 Å². The summed E-state index contributed by atoms with van der Waals surface area (Å²) < 4.78 is 26.4. The summed E-state index contributed by atoms with van der Waals surface area (Å²) in [7, 11) is 1.57. The minimum absolute atomic E-state index is 0.0808. The number of fused-ring (bicyclic) bond motifs is 1. The van der Waals surface area contributed by atoms with E-state index in [0.29, 0.717) is 65.3 Å². The molecule has 3 fully saturated rings. The molecule has 0 bridgehead atoms. The summed E-state index contributed by atoms with van der Waals surface area (Å²) in [6.07, 6.45) is 13.8. The molecule has 5 aromatic carbocycles. The molecule has 0 amide bonds. The van der Waals surface area contributed by atoms with Crippen LogP contribution in [0.1, 0.15) is 86.2 Å². The minimum Gasteiger partial charge on any atom is -0.508 e. The van der Waals surface area contributed by atoms with Crippen molar-refractivity contribution < 1.29 is 28.8 Å². The number of aliphatic hydroxyl groups excluding tert-OH is 1. The van der Waals surface area contributed by atoms with Gasteiger partial charge in [0.05, 0.1) is 26.4 Å². The largest absolute Gasteiger partial charge is 0.508 e. The molecular formula is C61H67N3O7. The van der Waals surface area contributed by atoms with Gasteiger partial charge in [-0.3, -0.25) is 4.79 Å². The van der Waals surface area contributed by atoms with Crippen LogP contribution < -0.4 is 29.9 Å². The van der Waals surface area contributed by atoms with E-state index in [2.05, 4.69) is 64.6 Å². The zero-order valence-corrected chi connectivity index (χ0v) is 41.2. The minimum atomic E-state index is -0.804. The van der Waals surface area contributed by atoms with Gasteiger partial charge in [-0.05, 0) is 96.5 Å². The number of hydrogen-bond donors (Lipinski definition) is 4. The molecule has 2 unspecified atom stereocenters. The Morgan fingerprint density at radius 3 is 2.23 bits per heavy atom. The molecule has 1 spiro atoms. The predicted octanol–water partition coefficient (Wildman–Crippen LogP) is 11.8. The number of aromatic amines is 1. The summed E-state index contributed by atoms with van der Waals surface area (Å²) in [4.78, 5) is 21.2. The van der Waals surface area contributed by atoms with E-state index in [4.69, 9.17) is 18.6 Å². The van der Waals surface area contributed by atoms with E-state index >= 15 is 0 Å². The number of aryl methyl sites for hydroxylation is 2. The van der Waals surface area contributed by atoms with Crippen LogP contribution in [0.3, 0.4) is 0 Å². The van der Waals surface area contributed by atoms with Gasteiger partial charge in [-0.25, -0.2) is 0 Å². The van der Waals surface area contributed by atoms with E-state index in [9.17, 15) is 15.0 Å². The van der Waals surface area contributed by atoms with E-state index in [0.717, 1.165) is 42.9 Å². The van der Waals surface area contributed by atoms with Crippen LogP contribution in [0.15, 0.2) is 137 Å². The van der Waals surface area contributed by atoms with Crippen molar-refractivity contribution in [3.8, 4) is 45.4 Å². The summed E-state index contributed by atoms with van der Waals surface area (Å²) in [6.45, 7) is 6.72. The normalized spacial score (nSPS) is 18.2. The molecule has 368 valence electrons. The molecular weight excluding hydrogens is 887 g/mol. The van der Waals surface area contributed by atoms with Gasteiger partial charge in [-0.2, -0.15) is 0 Å². The summed E-state index contributed by atoms with van der Waals surface area (Å²) in [6, 6.07) is 39.5. The Morgan fingerprint density at radius 2 is 1.46 bits per heavy atom. The summed E-state index contributed by atoms with van der Waals surface area (Å²) in [5, 5.41) is 25.0. The number of ether oxygens (including phenoxy) is 3. The van der Waals surface area contributed by atoms with Crippen LogP contribution in [0, 0.1) is 5.41 Å². The number of nitrogens with one attached hydrogen (secondary N) is 2. The van der Waals surface area contributed by atoms with Gasteiger partial charge < -0.3 is 44.0 Å². The Morgan fingerprint density at radius 1 is 0.746 bits per heavy atom.